The molecule has 1 N–H and O–H groups in total. The van der Waals surface area contributed by atoms with Crippen molar-refractivity contribution < 1.29 is 17.9 Å². The van der Waals surface area contributed by atoms with E-state index in [1.54, 1.807) is 36.4 Å². The molecule has 0 aliphatic heterocycles. The van der Waals surface area contributed by atoms with E-state index >= 15 is 0 Å². The Morgan fingerprint density at radius 3 is 2.48 bits per heavy atom. The van der Waals surface area contributed by atoms with Crippen molar-refractivity contribution in [1.29, 1.82) is 0 Å². The lowest BCUT2D eigenvalue weighted by molar-refractivity contribution is -0.119. The van der Waals surface area contributed by atoms with Gasteiger partial charge < -0.3 is 10.1 Å². The average Bonchev–Trinajstić information content (AvgIpc) is 2.69. The molecular weight excluding hydrogens is 412 g/mol. The summed E-state index contributed by atoms with van der Waals surface area (Å²) in [5, 5.41) is 4.82. The van der Waals surface area contributed by atoms with Gasteiger partial charge in [0.05, 0.1) is 23.5 Å². The number of halogens is 1. The Morgan fingerprint density at radius 1 is 1.03 bits per heavy atom. The van der Waals surface area contributed by atoms with Crippen molar-refractivity contribution >= 4 is 44.0 Å². The summed E-state index contributed by atoms with van der Waals surface area (Å²) >= 11 is 6.01. The maximum Gasteiger partial charge on any atom is 0.240 e. The molecule has 152 valence electrons. The first-order valence-corrected chi connectivity index (χ1v) is 11.2. The Hall–Kier alpha value is -2.77. The van der Waals surface area contributed by atoms with Crippen molar-refractivity contribution in [2.45, 2.75) is 0 Å². The SMILES string of the molecule is CS(=O)(=O)N(CC(=O)NCCOc1ccccc1Cl)c1cccc2ccccc12. The van der Waals surface area contributed by atoms with E-state index in [9.17, 15) is 13.2 Å². The van der Waals surface area contributed by atoms with Crippen LogP contribution in [0.15, 0.2) is 66.7 Å². The lowest BCUT2D eigenvalue weighted by Gasteiger charge is -2.23. The molecule has 0 aliphatic carbocycles. The molecule has 0 bridgehead atoms. The summed E-state index contributed by atoms with van der Waals surface area (Å²) in [7, 11) is -3.66. The predicted molar refractivity (Wildman–Crippen MR) is 116 cm³/mol. The first kappa shape index (κ1) is 21.0. The monoisotopic (exact) mass is 432 g/mol. The molecule has 0 aliphatic rings. The van der Waals surface area contributed by atoms with Gasteiger partial charge in [-0.2, -0.15) is 0 Å². The number of nitrogens with one attached hydrogen (secondary N) is 1. The molecule has 3 aromatic carbocycles. The number of para-hydroxylation sites is 1. The van der Waals surface area contributed by atoms with Gasteiger partial charge in [-0.15, -0.1) is 0 Å². The first-order chi connectivity index (χ1) is 13.9. The van der Waals surface area contributed by atoms with Crippen LogP contribution < -0.4 is 14.4 Å². The van der Waals surface area contributed by atoms with Crippen LogP contribution in [-0.2, 0) is 14.8 Å². The number of fused-ring (bicyclic) bond motifs is 1. The van der Waals surface area contributed by atoms with Gasteiger partial charge in [0.15, 0.2) is 0 Å². The quantitative estimate of drug-likeness (QED) is 0.553. The molecule has 0 radical (unpaired) electrons. The molecule has 0 heterocycles. The number of amides is 1. The van der Waals surface area contributed by atoms with Gasteiger partial charge in [0, 0.05) is 5.39 Å². The minimum atomic E-state index is -3.66. The lowest BCUT2D eigenvalue weighted by atomic mass is 10.1. The largest absolute Gasteiger partial charge is 0.490 e. The molecule has 0 saturated heterocycles. The molecule has 0 aromatic heterocycles. The van der Waals surface area contributed by atoms with Crippen LogP contribution in [0.4, 0.5) is 5.69 Å². The van der Waals surface area contributed by atoms with E-state index in [4.69, 9.17) is 16.3 Å². The highest BCUT2D eigenvalue weighted by molar-refractivity contribution is 7.92. The number of carbonyl (C=O) groups excluding carboxylic acids is 1. The second kappa shape index (κ2) is 9.15. The number of rotatable bonds is 8. The van der Waals surface area contributed by atoms with Crippen LogP contribution in [0.5, 0.6) is 5.75 Å². The third kappa shape index (κ3) is 5.40. The normalized spacial score (nSPS) is 11.2. The van der Waals surface area contributed by atoms with Crippen molar-refractivity contribution in [3.8, 4) is 5.75 Å². The zero-order valence-electron chi connectivity index (χ0n) is 15.8. The Morgan fingerprint density at radius 2 is 1.72 bits per heavy atom. The smallest absolute Gasteiger partial charge is 0.240 e. The summed E-state index contributed by atoms with van der Waals surface area (Å²) in [6, 6.07) is 19.8. The molecule has 6 nitrogen and oxygen atoms in total. The number of nitrogens with zero attached hydrogens (tertiary/aromatic N) is 1. The predicted octanol–water partition coefficient (Wildman–Crippen LogP) is 3.45. The van der Waals surface area contributed by atoms with E-state index in [1.165, 1.54) is 0 Å². The summed E-state index contributed by atoms with van der Waals surface area (Å²) in [6.45, 7) is 0.110. The summed E-state index contributed by atoms with van der Waals surface area (Å²) in [4.78, 5) is 12.4. The number of benzene rings is 3. The van der Waals surface area contributed by atoms with Crippen molar-refractivity contribution in [3.63, 3.8) is 0 Å². The van der Waals surface area contributed by atoms with Crippen molar-refractivity contribution in [1.82, 2.24) is 5.32 Å². The number of sulfonamides is 1. The van der Waals surface area contributed by atoms with Crippen molar-refractivity contribution in [3.05, 3.63) is 71.8 Å². The van der Waals surface area contributed by atoms with E-state index in [0.717, 1.165) is 21.3 Å². The van der Waals surface area contributed by atoms with Gasteiger partial charge >= 0.3 is 0 Å². The van der Waals surface area contributed by atoms with Crippen LogP contribution in [0, 0.1) is 0 Å². The number of anilines is 1. The van der Waals surface area contributed by atoms with E-state index in [1.807, 2.05) is 30.3 Å². The van der Waals surface area contributed by atoms with Crippen LogP contribution >= 0.6 is 11.6 Å². The highest BCUT2D eigenvalue weighted by Gasteiger charge is 2.22. The topological polar surface area (TPSA) is 75.7 Å². The molecule has 0 unspecified atom stereocenters. The van der Waals surface area contributed by atoms with Crippen LogP contribution in [0.3, 0.4) is 0 Å². The first-order valence-electron chi connectivity index (χ1n) is 8.96. The highest BCUT2D eigenvalue weighted by atomic mass is 35.5. The zero-order chi connectivity index (χ0) is 20.9. The standard InChI is InChI=1S/C21H21ClN2O4S/c1-29(26,27)24(19-11-6-8-16-7-2-3-9-17(16)19)15-21(25)23-13-14-28-20-12-5-4-10-18(20)22/h2-12H,13-15H2,1H3,(H,23,25). The van der Waals surface area contributed by atoms with Gasteiger partial charge in [0.2, 0.25) is 15.9 Å². The van der Waals surface area contributed by atoms with Crippen LogP contribution in [0.1, 0.15) is 0 Å². The molecular formula is C21H21ClN2O4S. The maximum absolute atomic E-state index is 12.4. The van der Waals surface area contributed by atoms with E-state index in [0.29, 0.717) is 16.5 Å². The summed E-state index contributed by atoms with van der Waals surface area (Å²) < 4.78 is 31.4. The fourth-order valence-corrected chi connectivity index (χ4v) is 3.96. The second-order valence-electron chi connectivity index (χ2n) is 6.40. The van der Waals surface area contributed by atoms with Gasteiger partial charge in [-0.1, -0.05) is 60.1 Å². The van der Waals surface area contributed by atoms with Gasteiger partial charge in [0.1, 0.15) is 18.9 Å². The Balaban J connectivity index is 1.66. The molecule has 29 heavy (non-hydrogen) atoms. The molecule has 3 aromatic rings. The minimum absolute atomic E-state index is 0.211. The number of carbonyl (C=O) groups is 1. The third-order valence-electron chi connectivity index (χ3n) is 4.24. The van der Waals surface area contributed by atoms with Gasteiger partial charge in [-0.05, 0) is 23.6 Å². The molecule has 1 amide bonds. The molecule has 0 fully saturated rings. The fourth-order valence-electron chi connectivity index (χ4n) is 2.91. The van der Waals surface area contributed by atoms with E-state index in [-0.39, 0.29) is 19.7 Å². The minimum Gasteiger partial charge on any atom is -0.490 e. The summed E-state index contributed by atoms with van der Waals surface area (Å²) in [5.41, 5.74) is 0.466. The molecule has 0 spiro atoms. The summed E-state index contributed by atoms with van der Waals surface area (Å²) in [6.07, 6.45) is 1.09. The zero-order valence-corrected chi connectivity index (χ0v) is 17.4. The Labute approximate surface area is 175 Å². The Kier molecular flexibility index (Phi) is 6.61. The van der Waals surface area contributed by atoms with Gasteiger partial charge in [-0.3, -0.25) is 9.10 Å². The molecule has 0 saturated carbocycles. The highest BCUT2D eigenvalue weighted by Crippen LogP contribution is 2.28. The number of hydrogen-bond acceptors (Lipinski definition) is 4. The van der Waals surface area contributed by atoms with Gasteiger partial charge in [-0.25, -0.2) is 8.42 Å². The van der Waals surface area contributed by atoms with Crippen LogP contribution in [0.2, 0.25) is 5.02 Å². The number of hydrogen-bond donors (Lipinski definition) is 1. The fraction of sp³-hybridized carbons (Fsp3) is 0.190. The Bertz CT molecular complexity index is 1110. The van der Waals surface area contributed by atoms with Gasteiger partial charge in [0.25, 0.3) is 0 Å². The molecule has 0 atom stereocenters. The second-order valence-corrected chi connectivity index (χ2v) is 8.71. The molecule has 3 rings (SSSR count). The average molecular weight is 433 g/mol. The van der Waals surface area contributed by atoms with Crippen molar-refractivity contribution in [2.24, 2.45) is 0 Å². The lowest BCUT2D eigenvalue weighted by Crippen LogP contribution is -2.41. The maximum atomic E-state index is 12.4. The molecule has 8 heteroatoms. The van der Waals surface area contributed by atoms with Crippen molar-refractivity contribution in [2.75, 3.05) is 30.3 Å². The summed E-state index contributed by atoms with van der Waals surface area (Å²) in [5.74, 6) is 0.100. The van der Waals surface area contributed by atoms with Crippen LogP contribution in [0.25, 0.3) is 10.8 Å². The number of ether oxygens (including phenoxy) is 1. The van der Waals surface area contributed by atoms with E-state index < -0.39 is 15.9 Å². The third-order valence-corrected chi connectivity index (χ3v) is 5.68. The van der Waals surface area contributed by atoms with Crippen LogP contribution in [-0.4, -0.2) is 40.3 Å². The van der Waals surface area contributed by atoms with E-state index in [2.05, 4.69) is 5.32 Å².